The Morgan fingerprint density at radius 3 is 2.12 bits per heavy atom. The van der Waals surface area contributed by atoms with E-state index in [0.29, 0.717) is 11.3 Å². The van der Waals surface area contributed by atoms with Crippen LogP contribution in [-0.4, -0.2) is 82.3 Å². The minimum atomic E-state index is -4.56. The highest BCUT2D eigenvalue weighted by atomic mass is 32.3. The number of rotatable bonds is 16. The molecule has 0 saturated heterocycles. The highest BCUT2D eigenvalue weighted by Crippen LogP contribution is 2.45. The lowest BCUT2D eigenvalue weighted by atomic mass is 10.0. The number of sulfone groups is 1. The smallest absolute Gasteiger partial charge is 0.421 e. The van der Waals surface area contributed by atoms with Gasteiger partial charge in [-0.3, -0.25) is 0 Å². The lowest BCUT2D eigenvalue weighted by molar-refractivity contribution is -0.757. The monoisotopic (exact) mass is 646 g/mol. The molecule has 0 bridgehead atoms. The van der Waals surface area contributed by atoms with E-state index in [9.17, 15) is 46.7 Å². The molecule has 2 heterocycles. The van der Waals surface area contributed by atoms with E-state index in [0.717, 1.165) is 6.07 Å². The van der Waals surface area contributed by atoms with E-state index in [1.807, 2.05) is 0 Å². The molecule has 1 aliphatic rings. The molecule has 1 aromatic heterocycles. The van der Waals surface area contributed by atoms with Crippen LogP contribution in [0.5, 0.6) is 0 Å². The molecule has 2 atom stereocenters. The van der Waals surface area contributed by atoms with Crippen LogP contribution in [0.4, 0.5) is 9.59 Å². The highest BCUT2D eigenvalue weighted by Gasteiger charge is 2.43. The van der Waals surface area contributed by atoms with Crippen LogP contribution in [0.2, 0.25) is 0 Å². The molecule has 0 aliphatic carbocycles. The topological polar surface area (TPSA) is 241 Å². The molecule has 0 radical (unpaired) electrons. The zero-order valence-corrected chi connectivity index (χ0v) is 24.5. The molecule has 0 aromatic carbocycles. The van der Waals surface area contributed by atoms with E-state index in [1.165, 1.54) is 11.8 Å². The second kappa shape index (κ2) is 15.0. The number of carbonyl (C=O) groups is 2. The Bertz CT molecular complexity index is 1310. The van der Waals surface area contributed by atoms with Crippen LogP contribution >= 0.6 is 11.3 Å². The molecule has 2 rings (SSSR count). The van der Waals surface area contributed by atoms with Crippen molar-refractivity contribution in [2.75, 3.05) is 33.0 Å². The van der Waals surface area contributed by atoms with Crippen LogP contribution in [0, 0.1) is 20.2 Å². The molecule has 18 nitrogen and oxygen atoms in total. The number of nitrogens with one attached hydrogen (secondary N) is 1. The number of fused-ring (bicyclic) bond motifs is 1. The van der Waals surface area contributed by atoms with E-state index in [4.69, 9.17) is 9.47 Å². The van der Waals surface area contributed by atoms with Gasteiger partial charge in [0, 0.05) is 12.1 Å². The van der Waals surface area contributed by atoms with E-state index < -0.39 is 57.7 Å². The summed E-state index contributed by atoms with van der Waals surface area (Å²) < 4.78 is 62.8. The SMILES string of the molecule is CCN(C(=O)OCCCCO[N+](=O)[O-])[C@H]1CC(C)S(=O)(=O)c2sc(S(=O)(=O)NC(=O)OCCCCO[N+](=O)[O-])cc21. The molecule has 1 aromatic rings. The summed E-state index contributed by atoms with van der Waals surface area (Å²) in [5, 5.41) is 17.4. The van der Waals surface area contributed by atoms with Gasteiger partial charge in [0.25, 0.3) is 20.2 Å². The van der Waals surface area contributed by atoms with Crippen molar-refractivity contribution >= 4 is 43.4 Å². The number of thiophene rings is 1. The largest absolute Gasteiger partial charge is 0.449 e. The van der Waals surface area contributed by atoms with Gasteiger partial charge in [0.15, 0.2) is 9.84 Å². The second-order valence-corrected chi connectivity index (χ2v) is 14.1. The second-order valence-electron chi connectivity index (χ2n) is 8.59. The fourth-order valence-corrected chi connectivity index (χ4v) is 8.62. The van der Waals surface area contributed by atoms with Crippen molar-refractivity contribution in [1.82, 2.24) is 9.62 Å². The minimum Gasteiger partial charge on any atom is -0.449 e. The van der Waals surface area contributed by atoms with Gasteiger partial charge < -0.3 is 24.0 Å². The first-order chi connectivity index (χ1) is 19.2. The summed E-state index contributed by atoms with van der Waals surface area (Å²) in [6.07, 6.45) is -1.31. The summed E-state index contributed by atoms with van der Waals surface area (Å²) in [4.78, 5) is 54.7. The van der Waals surface area contributed by atoms with E-state index in [2.05, 4.69) is 9.68 Å². The Hall–Kier alpha value is -3.46. The first-order valence-corrected chi connectivity index (χ1v) is 16.1. The van der Waals surface area contributed by atoms with Crippen molar-refractivity contribution in [3.8, 4) is 0 Å². The summed E-state index contributed by atoms with van der Waals surface area (Å²) in [6.45, 7) is 2.41. The molecule has 0 fully saturated rings. The Morgan fingerprint density at radius 1 is 1.05 bits per heavy atom. The van der Waals surface area contributed by atoms with Gasteiger partial charge >= 0.3 is 12.2 Å². The van der Waals surface area contributed by atoms with Crippen LogP contribution in [0.3, 0.4) is 0 Å². The van der Waals surface area contributed by atoms with Crippen molar-refractivity contribution in [3.63, 3.8) is 0 Å². The summed E-state index contributed by atoms with van der Waals surface area (Å²) >= 11 is 0.431. The average Bonchev–Trinajstić information content (AvgIpc) is 3.34. The first-order valence-electron chi connectivity index (χ1n) is 12.3. The number of ether oxygens (including phenoxy) is 2. The van der Waals surface area contributed by atoms with Gasteiger partial charge in [-0.05, 0) is 52.0 Å². The Labute approximate surface area is 239 Å². The van der Waals surface area contributed by atoms with Crippen LogP contribution in [-0.2, 0) is 39.0 Å². The summed E-state index contributed by atoms with van der Waals surface area (Å²) in [6, 6.07) is 0.233. The van der Waals surface area contributed by atoms with Crippen molar-refractivity contribution in [2.45, 2.75) is 65.7 Å². The molecule has 21 heteroatoms. The zero-order chi connectivity index (χ0) is 30.8. The van der Waals surface area contributed by atoms with Gasteiger partial charge in [-0.15, -0.1) is 31.6 Å². The quantitative estimate of drug-likeness (QED) is 0.154. The average molecular weight is 647 g/mol. The van der Waals surface area contributed by atoms with E-state index in [1.54, 1.807) is 11.6 Å². The minimum absolute atomic E-state index is 0.0409. The van der Waals surface area contributed by atoms with Crippen molar-refractivity contribution in [3.05, 3.63) is 31.9 Å². The number of sulfonamides is 1. The maximum Gasteiger partial charge on any atom is 0.421 e. The zero-order valence-electron chi connectivity index (χ0n) is 22.1. The number of unbranched alkanes of at least 4 members (excludes halogenated alkanes) is 2. The molecule has 0 saturated carbocycles. The van der Waals surface area contributed by atoms with E-state index in [-0.39, 0.29) is 74.8 Å². The van der Waals surface area contributed by atoms with Gasteiger partial charge in [0.1, 0.15) is 8.42 Å². The summed E-state index contributed by atoms with van der Waals surface area (Å²) in [5.41, 5.74) is 0.0609. The Kier molecular flexibility index (Phi) is 12.3. The van der Waals surface area contributed by atoms with E-state index >= 15 is 0 Å². The van der Waals surface area contributed by atoms with Crippen molar-refractivity contribution in [2.24, 2.45) is 0 Å². The third kappa shape index (κ3) is 9.56. The molecule has 0 spiro atoms. The van der Waals surface area contributed by atoms with Crippen molar-refractivity contribution < 1.29 is 55.7 Å². The maximum atomic E-state index is 13.0. The van der Waals surface area contributed by atoms with Crippen molar-refractivity contribution in [1.29, 1.82) is 0 Å². The van der Waals surface area contributed by atoms with Gasteiger partial charge in [-0.1, -0.05) is 0 Å². The fourth-order valence-electron chi connectivity index (χ4n) is 3.76. The van der Waals surface area contributed by atoms with Crippen LogP contribution < -0.4 is 4.72 Å². The maximum absolute atomic E-state index is 13.0. The number of amides is 2. The lowest BCUT2D eigenvalue weighted by Gasteiger charge is -2.35. The molecule has 1 N–H and O–H groups in total. The summed E-state index contributed by atoms with van der Waals surface area (Å²) in [7, 11) is -8.51. The highest BCUT2D eigenvalue weighted by molar-refractivity contribution is 7.95. The first kappa shape index (κ1) is 33.7. The molecule has 2 amide bonds. The van der Waals surface area contributed by atoms with Gasteiger partial charge in [0.05, 0.1) is 37.7 Å². The van der Waals surface area contributed by atoms with Crippen LogP contribution in [0.1, 0.15) is 57.6 Å². The Morgan fingerprint density at radius 2 is 1.59 bits per heavy atom. The molecular weight excluding hydrogens is 616 g/mol. The third-order valence-electron chi connectivity index (χ3n) is 5.77. The molecular formula is C20H30N4O14S3. The predicted molar refractivity (Wildman–Crippen MR) is 138 cm³/mol. The van der Waals surface area contributed by atoms with Gasteiger partial charge in [0.2, 0.25) is 0 Å². The molecule has 1 unspecified atom stereocenters. The fraction of sp³-hybridized carbons (Fsp3) is 0.700. The number of hydrogen-bond donors (Lipinski definition) is 1. The summed E-state index contributed by atoms with van der Waals surface area (Å²) in [5.74, 6) is 0. The molecule has 41 heavy (non-hydrogen) atoms. The van der Waals surface area contributed by atoms with Crippen LogP contribution in [0.15, 0.2) is 14.5 Å². The van der Waals surface area contributed by atoms with Gasteiger partial charge in [-0.25, -0.2) is 31.1 Å². The number of hydrogen-bond acceptors (Lipinski definition) is 15. The van der Waals surface area contributed by atoms with Gasteiger partial charge in [-0.2, -0.15) is 0 Å². The van der Waals surface area contributed by atoms with Crippen LogP contribution in [0.25, 0.3) is 0 Å². The normalized spacial score (nSPS) is 17.5. The predicted octanol–water partition coefficient (Wildman–Crippen LogP) is 2.21. The standard InChI is InChI=1S/C20H30N4O14S3/c1-3-22(20(26)36-9-5-7-11-38-24(29)30)16-12-14(2)40(31,32)18-15(16)13-17(39-18)41(33,34)21-19(25)35-8-4-6-10-37-23(27)28/h13-14,16H,3-12H2,1-2H3,(H,21,25)/t14?,16-/m0/s1. The molecule has 232 valence electrons. The Balaban J connectivity index is 2.13. The number of nitrogens with zero attached hydrogens (tertiary/aromatic N) is 3. The lowest BCUT2D eigenvalue weighted by Crippen LogP contribution is -2.40. The third-order valence-corrected chi connectivity index (χ3v) is 11.5. The number of carbonyl (C=O) groups excluding carboxylic acids is 2. The molecule has 1 aliphatic heterocycles.